The van der Waals surface area contributed by atoms with Gasteiger partial charge < -0.3 is 8.85 Å². The van der Waals surface area contributed by atoms with Crippen LogP contribution in [0.25, 0.3) is 0 Å². The summed E-state index contributed by atoms with van der Waals surface area (Å²) >= 11 is 0. The maximum atomic E-state index is 5.65. The van der Waals surface area contributed by atoms with Crippen molar-refractivity contribution >= 4 is 9.28 Å². The lowest BCUT2D eigenvalue weighted by molar-refractivity contribution is 0.282. The van der Waals surface area contributed by atoms with Gasteiger partial charge in [0, 0.05) is 13.2 Å². The van der Waals surface area contributed by atoms with Gasteiger partial charge in [-0.05, 0) is 37.5 Å². The van der Waals surface area contributed by atoms with Crippen molar-refractivity contribution in [3.05, 3.63) is 24.5 Å². The molecule has 84 valence electrons. The molecular formula is C12H20O2Si. The molecule has 0 aromatic heterocycles. The summed E-state index contributed by atoms with van der Waals surface area (Å²) in [4.78, 5) is 0. The van der Waals surface area contributed by atoms with Crippen LogP contribution in [-0.4, -0.2) is 16.4 Å². The minimum atomic E-state index is -1.48. The van der Waals surface area contributed by atoms with E-state index in [2.05, 4.69) is 12.2 Å². The molecule has 0 aliphatic heterocycles. The zero-order valence-electron chi connectivity index (χ0n) is 9.61. The van der Waals surface area contributed by atoms with Gasteiger partial charge in [0.25, 0.3) is 0 Å². The van der Waals surface area contributed by atoms with Crippen LogP contribution >= 0.6 is 0 Å². The van der Waals surface area contributed by atoms with Crippen LogP contribution in [0.3, 0.4) is 0 Å². The summed E-state index contributed by atoms with van der Waals surface area (Å²) < 4.78 is 11.1. The summed E-state index contributed by atoms with van der Waals surface area (Å²) in [7, 11) is 0.300. The number of hydrogen-bond donors (Lipinski definition) is 0. The molecule has 0 aromatic carbocycles. The van der Waals surface area contributed by atoms with E-state index in [1.54, 1.807) is 13.4 Å². The number of fused-ring (bicyclic) bond motifs is 2. The fourth-order valence-electron chi connectivity index (χ4n) is 2.79. The number of allylic oxidation sites excluding steroid dienone is 3. The molecular weight excluding hydrogens is 204 g/mol. The van der Waals surface area contributed by atoms with Gasteiger partial charge in [0.1, 0.15) is 0 Å². The van der Waals surface area contributed by atoms with Crippen molar-refractivity contribution < 1.29 is 8.85 Å². The molecule has 2 rings (SSSR count). The predicted molar refractivity (Wildman–Crippen MR) is 63.8 cm³/mol. The quantitative estimate of drug-likeness (QED) is 0.406. The molecule has 3 unspecified atom stereocenters. The zero-order chi connectivity index (χ0) is 10.7. The Hall–Kier alpha value is -0.543. The number of rotatable bonds is 5. The lowest BCUT2D eigenvalue weighted by atomic mass is 9.90. The summed E-state index contributed by atoms with van der Waals surface area (Å²) in [6, 6.07) is 1.13. The van der Waals surface area contributed by atoms with Crippen LogP contribution in [0.4, 0.5) is 0 Å². The fraction of sp³-hybridized carbons (Fsp3) is 0.667. The molecule has 0 heterocycles. The molecule has 2 nitrogen and oxygen atoms in total. The first kappa shape index (κ1) is 11.0. The minimum Gasteiger partial charge on any atom is -0.529 e. The molecule has 2 aliphatic rings. The largest absolute Gasteiger partial charge is 0.529 e. The SMILES string of the molecule is CC=CO[SiH](CC12C=CC(CC1)C2)OC. The van der Waals surface area contributed by atoms with Gasteiger partial charge >= 0.3 is 9.28 Å². The molecule has 1 saturated carbocycles. The first-order valence-electron chi connectivity index (χ1n) is 5.77. The van der Waals surface area contributed by atoms with Crippen LogP contribution < -0.4 is 0 Å². The van der Waals surface area contributed by atoms with Gasteiger partial charge in [0.05, 0.1) is 6.26 Å². The molecule has 3 heteroatoms. The molecule has 1 fully saturated rings. The van der Waals surface area contributed by atoms with Gasteiger partial charge in [-0.1, -0.05) is 18.2 Å². The van der Waals surface area contributed by atoms with E-state index < -0.39 is 9.28 Å². The Morgan fingerprint density at radius 2 is 2.47 bits per heavy atom. The van der Waals surface area contributed by atoms with Crippen LogP contribution in [0.2, 0.25) is 6.04 Å². The van der Waals surface area contributed by atoms with Crippen LogP contribution in [0.5, 0.6) is 0 Å². The topological polar surface area (TPSA) is 18.5 Å². The molecule has 0 aromatic rings. The molecule has 2 aliphatic carbocycles. The molecule has 0 saturated heterocycles. The van der Waals surface area contributed by atoms with Gasteiger partial charge in [-0.25, -0.2) is 0 Å². The first-order chi connectivity index (χ1) is 7.28. The highest BCUT2D eigenvalue weighted by molar-refractivity contribution is 6.44. The van der Waals surface area contributed by atoms with E-state index in [1.165, 1.54) is 19.3 Å². The highest BCUT2D eigenvalue weighted by Crippen LogP contribution is 2.52. The van der Waals surface area contributed by atoms with Crippen LogP contribution in [0, 0.1) is 11.3 Å². The van der Waals surface area contributed by atoms with E-state index in [1.807, 2.05) is 13.0 Å². The van der Waals surface area contributed by atoms with Crippen molar-refractivity contribution in [1.82, 2.24) is 0 Å². The van der Waals surface area contributed by atoms with Crippen molar-refractivity contribution in [3.63, 3.8) is 0 Å². The third kappa shape index (κ3) is 2.34. The van der Waals surface area contributed by atoms with Gasteiger partial charge in [0.15, 0.2) is 0 Å². The van der Waals surface area contributed by atoms with Gasteiger partial charge in [-0.3, -0.25) is 0 Å². The van der Waals surface area contributed by atoms with E-state index in [0.29, 0.717) is 5.41 Å². The average Bonchev–Trinajstić information content (AvgIpc) is 2.84. The maximum absolute atomic E-state index is 5.65. The van der Waals surface area contributed by atoms with Gasteiger partial charge in [-0.15, -0.1) is 0 Å². The average molecular weight is 224 g/mol. The predicted octanol–water partition coefficient (Wildman–Crippen LogP) is 2.76. The van der Waals surface area contributed by atoms with Crippen LogP contribution in [0.15, 0.2) is 24.5 Å². The lowest BCUT2D eigenvalue weighted by Gasteiger charge is -2.26. The monoisotopic (exact) mass is 224 g/mol. The van der Waals surface area contributed by atoms with E-state index in [-0.39, 0.29) is 0 Å². The van der Waals surface area contributed by atoms with Crippen molar-refractivity contribution in [3.8, 4) is 0 Å². The molecule has 0 N–H and O–H groups in total. The molecule has 3 atom stereocenters. The molecule has 0 radical (unpaired) electrons. The molecule has 0 amide bonds. The molecule has 2 bridgehead atoms. The second kappa shape index (κ2) is 4.54. The fourth-order valence-corrected chi connectivity index (χ4v) is 4.67. The standard InChI is InChI=1S/C12H20O2Si/c1-3-8-14-15(13-2)10-12-6-4-11(9-12)5-7-12/h3-4,6,8,11,15H,5,7,9-10H2,1-2H3. The zero-order valence-corrected chi connectivity index (χ0v) is 10.8. The van der Waals surface area contributed by atoms with E-state index >= 15 is 0 Å². The van der Waals surface area contributed by atoms with E-state index in [0.717, 1.165) is 12.0 Å². The Labute approximate surface area is 93.8 Å². The van der Waals surface area contributed by atoms with Gasteiger partial charge in [-0.2, -0.15) is 0 Å². The Bertz CT molecular complexity index is 275. The highest BCUT2D eigenvalue weighted by atomic mass is 28.3. The van der Waals surface area contributed by atoms with E-state index in [4.69, 9.17) is 8.85 Å². The molecule has 0 spiro atoms. The Morgan fingerprint density at radius 3 is 2.93 bits per heavy atom. The lowest BCUT2D eigenvalue weighted by Crippen LogP contribution is -2.27. The number of hydrogen-bond acceptors (Lipinski definition) is 2. The second-order valence-corrected chi connectivity index (χ2v) is 6.71. The van der Waals surface area contributed by atoms with Crippen LogP contribution in [-0.2, 0) is 8.85 Å². The van der Waals surface area contributed by atoms with Crippen molar-refractivity contribution in [1.29, 1.82) is 0 Å². The smallest absolute Gasteiger partial charge is 0.382 e. The Balaban J connectivity index is 1.91. The van der Waals surface area contributed by atoms with E-state index in [9.17, 15) is 0 Å². The van der Waals surface area contributed by atoms with Crippen molar-refractivity contribution in [2.24, 2.45) is 11.3 Å². The Morgan fingerprint density at radius 1 is 1.60 bits per heavy atom. The van der Waals surface area contributed by atoms with Gasteiger partial charge in [0.2, 0.25) is 0 Å². The minimum absolute atomic E-state index is 0.430. The van der Waals surface area contributed by atoms with Crippen molar-refractivity contribution in [2.45, 2.75) is 32.2 Å². The summed E-state index contributed by atoms with van der Waals surface area (Å²) in [5.74, 6) is 0.846. The molecule has 15 heavy (non-hydrogen) atoms. The maximum Gasteiger partial charge on any atom is 0.382 e. The van der Waals surface area contributed by atoms with Crippen molar-refractivity contribution in [2.75, 3.05) is 7.11 Å². The summed E-state index contributed by atoms with van der Waals surface area (Å²) in [5, 5.41) is 0. The van der Waals surface area contributed by atoms with Crippen LogP contribution in [0.1, 0.15) is 26.2 Å². The first-order valence-corrected chi connectivity index (χ1v) is 7.53. The second-order valence-electron chi connectivity index (χ2n) is 4.70. The third-order valence-electron chi connectivity index (χ3n) is 3.61. The Kier molecular flexibility index (Phi) is 3.31. The summed E-state index contributed by atoms with van der Waals surface area (Å²) in [5.41, 5.74) is 0.430. The summed E-state index contributed by atoms with van der Waals surface area (Å²) in [6.45, 7) is 1.97. The highest BCUT2D eigenvalue weighted by Gasteiger charge is 2.43. The normalized spacial score (nSPS) is 35.2. The third-order valence-corrected chi connectivity index (χ3v) is 5.74. The summed E-state index contributed by atoms with van der Waals surface area (Å²) in [6.07, 6.45) is 12.5.